The second-order valence-electron chi connectivity index (χ2n) is 5.08. The molecular formula is C15H19NO2S. The van der Waals surface area contributed by atoms with Crippen molar-refractivity contribution < 1.29 is 9.90 Å². The Morgan fingerprint density at radius 2 is 2.42 bits per heavy atom. The highest BCUT2D eigenvalue weighted by atomic mass is 32.1. The molecule has 0 aliphatic carbocycles. The van der Waals surface area contributed by atoms with Gasteiger partial charge >= 0.3 is 0 Å². The Morgan fingerprint density at radius 1 is 1.63 bits per heavy atom. The van der Waals surface area contributed by atoms with Crippen LogP contribution in [0.1, 0.15) is 41.9 Å². The van der Waals surface area contributed by atoms with E-state index < -0.39 is 0 Å². The summed E-state index contributed by atoms with van der Waals surface area (Å²) in [5.41, 5.74) is 0.735. The van der Waals surface area contributed by atoms with Gasteiger partial charge in [-0.05, 0) is 30.2 Å². The second-order valence-corrected chi connectivity index (χ2v) is 5.99. The molecule has 1 aromatic heterocycles. The van der Waals surface area contributed by atoms with Gasteiger partial charge in [-0.25, -0.2) is 0 Å². The molecule has 1 saturated heterocycles. The predicted molar refractivity (Wildman–Crippen MR) is 77.2 cm³/mol. The van der Waals surface area contributed by atoms with Gasteiger partial charge in [0.1, 0.15) is 11.5 Å². The number of carbonyl (C=O) groups is 1. The molecule has 1 fully saturated rings. The summed E-state index contributed by atoms with van der Waals surface area (Å²) in [5, 5.41) is 10.6. The van der Waals surface area contributed by atoms with E-state index >= 15 is 0 Å². The normalized spacial score (nSPS) is 18.5. The highest BCUT2D eigenvalue weighted by molar-refractivity contribution is 7.12. The van der Waals surface area contributed by atoms with Crippen molar-refractivity contribution in [2.45, 2.75) is 32.7 Å². The van der Waals surface area contributed by atoms with E-state index in [0.29, 0.717) is 16.8 Å². The maximum Gasteiger partial charge on any atom is 0.265 e. The number of nitrogens with zero attached hydrogens (tertiary/aromatic N) is 1. The first-order chi connectivity index (χ1) is 9.15. The van der Waals surface area contributed by atoms with Gasteiger partial charge in [0, 0.05) is 18.2 Å². The van der Waals surface area contributed by atoms with Crippen molar-refractivity contribution in [3.8, 4) is 11.8 Å². The van der Waals surface area contributed by atoms with E-state index in [1.807, 2.05) is 16.3 Å². The molecule has 1 aliphatic rings. The highest BCUT2D eigenvalue weighted by Gasteiger charge is 2.32. The van der Waals surface area contributed by atoms with Crippen LogP contribution in [0.2, 0.25) is 0 Å². The third kappa shape index (κ3) is 2.99. The van der Waals surface area contributed by atoms with Crippen molar-refractivity contribution in [1.82, 2.24) is 4.90 Å². The predicted octanol–water partition coefficient (Wildman–Crippen LogP) is 2.35. The fourth-order valence-corrected chi connectivity index (χ4v) is 3.38. The van der Waals surface area contributed by atoms with Crippen molar-refractivity contribution in [3.63, 3.8) is 0 Å². The average Bonchev–Trinajstić information content (AvgIpc) is 3.04. The lowest BCUT2D eigenvalue weighted by atomic mass is 10.0. The molecule has 0 aromatic carbocycles. The molecule has 0 bridgehead atoms. The molecule has 1 unspecified atom stereocenters. The first-order valence-electron chi connectivity index (χ1n) is 6.63. The van der Waals surface area contributed by atoms with E-state index in [4.69, 9.17) is 5.11 Å². The van der Waals surface area contributed by atoms with Crippen molar-refractivity contribution in [1.29, 1.82) is 0 Å². The number of hydrogen-bond donors (Lipinski definition) is 1. The minimum atomic E-state index is -0.179. The van der Waals surface area contributed by atoms with Gasteiger partial charge in [0.15, 0.2) is 0 Å². The lowest BCUT2D eigenvalue weighted by molar-refractivity contribution is 0.0706. The summed E-state index contributed by atoms with van der Waals surface area (Å²) in [4.78, 5) is 15.3. The monoisotopic (exact) mass is 277 g/mol. The number of likely N-dealkylation sites (tertiary alicyclic amines) is 1. The third-order valence-corrected chi connectivity index (χ3v) is 4.39. The van der Waals surface area contributed by atoms with Gasteiger partial charge in [0.2, 0.25) is 0 Å². The summed E-state index contributed by atoms with van der Waals surface area (Å²) in [6.07, 6.45) is 2.17. The van der Waals surface area contributed by atoms with Crippen LogP contribution in [0.3, 0.4) is 0 Å². The van der Waals surface area contributed by atoms with Gasteiger partial charge in [0.05, 0.1) is 0 Å². The fourth-order valence-electron chi connectivity index (χ4n) is 2.58. The van der Waals surface area contributed by atoms with Crippen molar-refractivity contribution >= 4 is 17.2 Å². The summed E-state index contributed by atoms with van der Waals surface area (Å²) in [5.74, 6) is 6.04. The summed E-state index contributed by atoms with van der Waals surface area (Å²) >= 11 is 1.43. The number of carbonyl (C=O) groups excluding carboxylic acids is 1. The van der Waals surface area contributed by atoms with Crippen molar-refractivity contribution in [3.05, 3.63) is 21.9 Å². The summed E-state index contributed by atoms with van der Waals surface area (Å²) in [6.45, 7) is 4.99. The van der Waals surface area contributed by atoms with Crippen LogP contribution in [0.15, 0.2) is 11.4 Å². The molecule has 0 radical (unpaired) electrons. The minimum absolute atomic E-state index is 0.0911. The summed E-state index contributed by atoms with van der Waals surface area (Å²) < 4.78 is 0. The van der Waals surface area contributed by atoms with E-state index in [9.17, 15) is 4.79 Å². The Bertz CT molecular complexity index is 510. The summed E-state index contributed by atoms with van der Waals surface area (Å²) in [6, 6.07) is 2.19. The van der Waals surface area contributed by atoms with Crippen LogP contribution in [-0.2, 0) is 0 Å². The zero-order valence-corrected chi connectivity index (χ0v) is 12.2. The lowest BCUT2D eigenvalue weighted by Crippen LogP contribution is -2.38. The second kappa shape index (κ2) is 6.23. The zero-order chi connectivity index (χ0) is 13.8. The topological polar surface area (TPSA) is 40.5 Å². The first-order valence-corrected chi connectivity index (χ1v) is 7.51. The van der Waals surface area contributed by atoms with Crippen molar-refractivity contribution in [2.75, 3.05) is 13.2 Å². The van der Waals surface area contributed by atoms with Gasteiger partial charge in [-0.2, -0.15) is 0 Å². The van der Waals surface area contributed by atoms with Gasteiger partial charge in [-0.1, -0.05) is 25.7 Å². The molecule has 2 rings (SSSR count). The standard InChI is InChI=1S/C15H19NO2S/c1-11(2)13-6-3-8-16(13)15(18)14-12(5-4-9-17)7-10-19-14/h7,10-11,13,17H,3,6,8-9H2,1-2H3. The van der Waals surface area contributed by atoms with Gasteiger partial charge in [-0.15, -0.1) is 11.3 Å². The number of rotatable bonds is 2. The first kappa shape index (κ1) is 14.1. The Labute approximate surface area is 118 Å². The molecule has 2 heterocycles. The Morgan fingerprint density at radius 3 is 3.11 bits per heavy atom. The SMILES string of the molecule is CC(C)C1CCCN1C(=O)c1sccc1C#CCO. The molecule has 19 heavy (non-hydrogen) atoms. The molecule has 1 aliphatic heterocycles. The van der Waals surface area contributed by atoms with E-state index in [-0.39, 0.29) is 12.5 Å². The molecule has 1 aromatic rings. The maximum absolute atomic E-state index is 12.6. The molecule has 1 amide bonds. The Balaban J connectivity index is 2.22. The smallest absolute Gasteiger partial charge is 0.265 e. The largest absolute Gasteiger partial charge is 0.384 e. The molecule has 4 heteroatoms. The van der Waals surface area contributed by atoms with Crippen LogP contribution in [0, 0.1) is 17.8 Å². The number of amides is 1. The number of aliphatic hydroxyl groups excluding tert-OH is 1. The van der Waals surface area contributed by atoms with Crippen LogP contribution >= 0.6 is 11.3 Å². The summed E-state index contributed by atoms with van der Waals surface area (Å²) in [7, 11) is 0. The molecule has 102 valence electrons. The minimum Gasteiger partial charge on any atom is -0.384 e. The molecule has 1 N–H and O–H groups in total. The molecular weight excluding hydrogens is 258 g/mol. The van der Waals surface area contributed by atoms with Crippen LogP contribution in [0.5, 0.6) is 0 Å². The van der Waals surface area contributed by atoms with Gasteiger partial charge in [-0.3, -0.25) is 4.79 Å². The fraction of sp³-hybridized carbons (Fsp3) is 0.533. The maximum atomic E-state index is 12.6. The third-order valence-electron chi connectivity index (χ3n) is 3.49. The van der Waals surface area contributed by atoms with E-state index in [1.165, 1.54) is 11.3 Å². The van der Waals surface area contributed by atoms with Crippen LogP contribution in [0.25, 0.3) is 0 Å². The van der Waals surface area contributed by atoms with Crippen LogP contribution in [-0.4, -0.2) is 35.1 Å². The highest BCUT2D eigenvalue weighted by Crippen LogP contribution is 2.28. The van der Waals surface area contributed by atoms with Crippen LogP contribution < -0.4 is 0 Å². The molecule has 3 nitrogen and oxygen atoms in total. The number of aliphatic hydroxyl groups is 1. The van der Waals surface area contributed by atoms with Crippen LogP contribution in [0.4, 0.5) is 0 Å². The average molecular weight is 277 g/mol. The molecule has 0 spiro atoms. The zero-order valence-electron chi connectivity index (χ0n) is 11.3. The van der Waals surface area contributed by atoms with Gasteiger partial charge < -0.3 is 10.0 Å². The Hall–Kier alpha value is -1.31. The lowest BCUT2D eigenvalue weighted by Gasteiger charge is -2.27. The van der Waals surface area contributed by atoms with E-state index in [2.05, 4.69) is 25.7 Å². The van der Waals surface area contributed by atoms with Gasteiger partial charge in [0.25, 0.3) is 5.91 Å². The number of thiophene rings is 1. The number of hydrogen-bond acceptors (Lipinski definition) is 3. The quantitative estimate of drug-likeness (QED) is 0.843. The molecule has 0 saturated carbocycles. The Kier molecular flexibility index (Phi) is 4.62. The van der Waals surface area contributed by atoms with E-state index in [0.717, 1.165) is 24.9 Å². The molecule has 1 atom stereocenters. The van der Waals surface area contributed by atoms with Crippen molar-refractivity contribution in [2.24, 2.45) is 5.92 Å². The van der Waals surface area contributed by atoms with E-state index in [1.54, 1.807) is 0 Å².